The van der Waals surface area contributed by atoms with Crippen LogP contribution in [0.25, 0.3) is 0 Å². The van der Waals surface area contributed by atoms with Crippen LogP contribution >= 0.6 is 0 Å². The summed E-state index contributed by atoms with van der Waals surface area (Å²) in [4.78, 5) is 0.0724. The minimum absolute atomic E-state index is 0.0724. The summed E-state index contributed by atoms with van der Waals surface area (Å²) in [5.41, 5.74) is 2.22. The van der Waals surface area contributed by atoms with Crippen molar-refractivity contribution >= 4 is 10.0 Å². The quantitative estimate of drug-likeness (QED) is 0.921. The van der Waals surface area contributed by atoms with Crippen LogP contribution in [0.15, 0.2) is 53.4 Å². The fraction of sp³-hybridized carbons (Fsp3) is 0.200. The Morgan fingerprint density at radius 1 is 1.10 bits per heavy atom. The summed E-state index contributed by atoms with van der Waals surface area (Å²) in [6, 6.07) is 12.7. The summed E-state index contributed by atoms with van der Waals surface area (Å²) in [5.74, 6) is -0.455. The average Bonchev–Trinajstić information content (AvgIpc) is 2.39. The highest BCUT2D eigenvalue weighted by Crippen LogP contribution is 2.10. The molecule has 0 aliphatic heterocycles. The first-order valence-corrected chi connectivity index (χ1v) is 7.76. The molecule has 0 atom stereocenters. The maximum Gasteiger partial charge on any atom is 0.240 e. The van der Waals surface area contributed by atoms with Crippen molar-refractivity contribution in [1.82, 2.24) is 4.72 Å². The third-order valence-corrected chi connectivity index (χ3v) is 4.39. The molecular formula is C15H16FNO2S. The summed E-state index contributed by atoms with van der Waals surface area (Å²) in [7, 11) is -3.57. The summed E-state index contributed by atoms with van der Waals surface area (Å²) in [5, 5.41) is 0. The maximum atomic E-state index is 12.8. The molecule has 0 saturated carbocycles. The Bertz CT molecular complexity index is 681. The van der Waals surface area contributed by atoms with E-state index in [-0.39, 0.29) is 4.90 Å². The van der Waals surface area contributed by atoms with E-state index in [1.54, 1.807) is 0 Å². The topological polar surface area (TPSA) is 46.2 Å². The molecular weight excluding hydrogens is 277 g/mol. The van der Waals surface area contributed by atoms with Gasteiger partial charge >= 0.3 is 0 Å². The van der Waals surface area contributed by atoms with Crippen LogP contribution in [-0.2, 0) is 16.4 Å². The zero-order valence-corrected chi connectivity index (χ0v) is 12.0. The van der Waals surface area contributed by atoms with Gasteiger partial charge in [0.2, 0.25) is 10.0 Å². The maximum absolute atomic E-state index is 12.8. The zero-order valence-electron chi connectivity index (χ0n) is 11.1. The standard InChI is InChI=1S/C15H16FNO2S/c1-12-3-2-4-13(11-12)9-10-17-20(18,19)15-7-5-14(16)6-8-15/h2-8,11,17H,9-10H2,1H3. The molecule has 106 valence electrons. The molecule has 3 nitrogen and oxygen atoms in total. The van der Waals surface area contributed by atoms with Crippen molar-refractivity contribution in [3.8, 4) is 0 Å². The Morgan fingerprint density at radius 2 is 1.80 bits per heavy atom. The van der Waals surface area contributed by atoms with E-state index in [1.807, 2.05) is 31.2 Å². The molecule has 0 unspecified atom stereocenters. The Balaban J connectivity index is 1.98. The second-order valence-corrected chi connectivity index (χ2v) is 6.36. The lowest BCUT2D eigenvalue weighted by Crippen LogP contribution is -2.26. The number of hydrogen-bond acceptors (Lipinski definition) is 2. The predicted molar refractivity (Wildman–Crippen MR) is 76.5 cm³/mol. The van der Waals surface area contributed by atoms with Crippen LogP contribution in [-0.4, -0.2) is 15.0 Å². The number of rotatable bonds is 5. The van der Waals surface area contributed by atoms with Gasteiger partial charge in [0.1, 0.15) is 5.82 Å². The van der Waals surface area contributed by atoms with Gasteiger partial charge in [-0.05, 0) is 43.2 Å². The monoisotopic (exact) mass is 293 g/mol. The van der Waals surface area contributed by atoms with E-state index in [4.69, 9.17) is 0 Å². The van der Waals surface area contributed by atoms with Crippen molar-refractivity contribution in [2.45, 2.75) is 18.2 Å². The van der Waals surface area contributed by atoms with Crippen LogP contribution in [0.4, 0.5) is 4.39 Å². The molecule has 0 amide bonds. The fourth-order valence-electron chi connectivity index (χ4n) is 1.89. The number of aryl methyl sites for hydroxylation is 1. The van der Waals surface area contributed by atoms with Crippen LogP contribution < -0.4 is 4.72 Å². The van der Waals surface area contributed by atoms with E-state index in [2.05, 4.69) is 4.72 Å². The Kier molecular flexibility index (Phi) is 4.52. The van der Waals surface area contributed by atoms with Gasteiger partial charge in [-0.3, -0.25) is 0 Å². The van der Waals surface area contributed by atoms with Gasteiger partial charge in [0.05, 0.1) is 4.90 Å². The van der Waals surface area contributed by atoms with Gasteiger partial charge in [0, 0.05) is 6.54 Å². The molecule has 0 spiro atoms. The van der Waals surface area contributed by atoms with E-state index >= 15 is 0 Å². The van der Waals surface area contributed by atoms with Gasteiger partial charge in [-0.2, -0.15) is 0 Å². The van der Waals surface area contributed by atoms with E-state index < -0.39 is 15.8 Å². The molecule has 0 radical (unpaired) electrons. The number of nitrogens with one attached hydrogen (secondary N) is 1. The van der Waals surface area contributed by atoms with Crippen molar-refractivity contribution in [3.05, 3.63) is 65.5 Å². The summed E-state index contributed by atoms with van der Waals surface area (Å²) < 4.78 is 39.2. The molecule has 0 fully saturated rings. The molecule has 0 aliphatic rings. The highest BCUT2D eigenvalue weighted by Gasteiger charge is 2.12. The molecule has 0 bridgehead atoms. The predicted octanol–water partition coefficient (Wildman–Crippen LogP) is 2.66. The molecule has 0 heterocycles. The molecule has 5 heteroatoms. The minimum atomic E-state index is -3.57. The number of sulfonamides is 1. The number of hydrogen-bond donors (Lipinski definition) is 1. The molecule has 2 rings (SSSR count). The summed E-state index contributed by atoms with van der Waals surface area (Å²) in [6.07, 6.45) is 0.613. The molecule has 1 N–H and O–H groups in total. The lowest BCUT2D eigenvalue weighted by atomic mass is 10.1. The Morgan fingerprint density at radius 3 is 2.45 bits per heavy atom. The largest absolute Gasteiger partial charge is 0.240 e. The molecule has 2 aromatic carbocycles. The SMILES string of the molecule is Cc1cccc(CCNS(=O)(=O)c2ccc(F)cc2)c1. The highest BCUT2D eigenvalue weighted by molar-refractivity contribution is 7.89. The van der Waals surface area contributed by atoms with Gasteiger partial charge in [0.15, 0.2) is 0 Å². The van der Waals surface area contributed by atoms with Gasteiger partial charge < -0.3 is 0 Å². The fourth-order valence-corrected chi connectivity index (χ4v) is 2.93. The lowest BCUT2D eigenvalue weighted by molar-refractivity contribution is 0.580. The van der Waals surface area contributed by atoms with Crippen molar-refractivity contribution in [3.63, 3.8) is 0 Å². The molecule has 0 saturated heterocycles. The van der Waals surface area contributed by atoms with Crippen LogP contribution in [0.3, 0.4) is 0 Å². The molecule has 2 aromatic rings. The van der Waals surface area contributed by atoms with Crippen molar-refractivity contribution in [2.75, 3.05) is 6.54 Å². The Labute approximate surface area is 118 Å². The Hall–Kier alpha value is -1.72. The normalized spacial score (nSPS) is 11.5. The second kappa shape index (κ2) is 6.15. The third kappa shape index (κ3) is 3.88. The van der Waals surface area contributed by atoms with Gasteiger partial charge in [-0.25, -0.2) is 17.5 Å². The second-order valence-electron chi connectivity index (χ2n) is 4.59. The van der Waals surface area contributed by atoms with Crippen molar-refractivity contribution in [1.29, 1.82) is 0 Å². The number of benzene rings is 2. The first-order valence-electron chi connectivity index (χ1n) is 6.28. The summed E-state index contributed by atoms with van der Waals surface area (Å²) >= 11 is 0. The lowest BCUT2D eigenvalue weighted by Gasteiger charge is -2.07. The first kappa shape index (κ1) is 14.7. The highest BCUT2D eigenvalue weighted by atomic mass is 32.2. The van der Waals surface area contributed by atoms with Gasteiger partial charge in [-0.15, -0.1) is 0 Å². The zero-order chi connectivity index (χ0) is 14.6. The molecule has 0 aromatic heterocycles. The smallest absolute Gasteiger partial charge is 0.211 e. The summed E-state index contributed by atoms with van der Waals surface area (Å²) in [6.45, 7) is 2.30. The number of halogens is 1. The first-order chi connectivity index (χ1) is 9.47. The molecule has 0 aliphatic carbocycles. The molecule has 20 heavy (non-hydrogen) atoms. The minimum Gasteiger partial charge on any atom is -0.211 e. The van der Waals surface area contributed by atoms with E-state index in [0.29, 0.717) is 13.0 Å². The van der Waals surface area contributed by atoms with Crippen LogP contribution in [0.5, 0.6) is 0 Å². The van der Waals surface area contributed by atoms with Gasteiger partial charge in [-0.1, -0.05) is 29.8 Å². The van der Waals surface area contributed by atoms with Crippen molar-refractivity contribution in [2.24, 2.45) is 0 Å². The van der Waals surface area contributed by atoms with E-state index in [0.717, 1.165) is 23.3 Å². The van der Waals surface area contributed by atoms with Crippen LogP contribution in [0.2, 0.25) is 0 Å². The van der Waals surface area contributed by atoms with E-state index in [1.165, 1.54) is 12.1 Å². The van der Waals surface area contributed by atoms with Gasteiger partial charge in [0.25, 0.3) is 0 Å². The third-order valence-electron chi connectivity index (χ3n) is 2.91. The van der Waals surface area contributed by atoms with Crippen LogP contribution in [0.1, 0.15) is 11.1 Å². The van der Waals surface area contributed by atoms with Crippen LogP contribution in [0, 0.1) is 12.7 Å². The van der Waals surface area contributed by atoms with E-state index in [9.17, 15) is 12.8 Å². The average molecular weight is 293 g/mol. The van der Waals surface area contributed by atoms with Crippen molar-refractivity contribution < 1.29 is 12.8 Å².